The zero-order valence-electron chi connectivity index (χ0n) is 24.3. The Morgan fingerprint density at radius 2 is 0.842 bits per heavy atom. The number of ether oxygens (including phenoxy) is 8. The van der Waals surface area contributed by atoms with Gasteiger partial charge >= 0.3 is 0 Å². The summed E-state index contributed by atoms with van der Waals surface area (Å²) in [5, 5.41) is 26.0. The van der Waals surface area contributed by atoms with Crippen LogP contribution in [0.4, 0.5) is 0 Å². The van der Waals surface area contributed by atoms with Crippen molar-refractivity contribution in [3.05, 3.63) is 0 Å². The number of aliphatic hydroxyl groups excluding tert-OH is 3. The SMILES string of the molecule is CCCCC(CC)COCC(C)O.OCCOCCOCCOCCOCCOCCOCCOCCO. The van der Waals surface area contributed by atoms with Crippen LogP contribution in [0, 0.1) is 5.92 Å². The van der Waals surface area contributed by atoms with Crippen molar-refractivity contribution in [2.24, 2.45) is 5.92 Å². The topological polar surface area (TPSA) is 135 Å². The van der Waals surface area contributed by atoms with Crippen molar-refractivity contribution >= 4 is 0 Å². The molecule has 0 saturated carbocycles. The van der Waals surface area contributed by atoms with Crippen LogP contribution in [0.3, 0.4) is 0 Å². The lowest BCUT2D eigenvalue weighted by molar-refractivity contribution is -0.0223. The van der Waals surface area contributed by atoms with Gasteiger partial charge in [-0.1, -0.05) is 33.1 Å². The average molecular weight is 559 g/mol. The highest BCUT2D eigenvalue weighted by Gasteiger charge is 2.06. The summed E-state index contributed by atoms with van der Waals surface area (Å²) >= 11 is 0. The van der Waals surface area contributed by atoms with E-state index in [-0.39, 0.29) is 19.3 Å². The Morgan fingerprint density at radius 3 is 1.11 bits per heavy atom. The first-order valence-corrected chi connectivity index (χ1v) is 14.1. The molecule has 2 unspecified atom stereocenters. The molecule has 232 valence electrons. The molecule has 0 rings (SSSR count). The smallest absolute Gasteiger partial charge is 0.0745 e. The lowest BCUT2D eigenvalue weighted by Crippen LogP contribution is -2.15. The molecule has 0 bridgehead atoms. The Hall–Kier alpha value is -0.440. The molecule has 0 spiro atoms. The predicted octanol–water partition coefficient (Wildman–Crippen LogP) is 1.69. The fourth-order valence-electron chi connectivity index (χ4n) is 2.85. The minimum absolute atomic E-state index is 0.0312. The third-order valence-electron chi connectivity index (χ3n) is 4.96. The lowest BCUT2D eigenvalue weighted by atomic mass is 10.0. The van der Waals surface area contributed by atoms with Gasteiger partial charge in [0.15, 0.2) is 0 Å². The van der Waals surface area contributed by atoms with Gasteiger partial charge in [0.1, 0.15) is 0 Å². The summed E-state index contributed by atoms with van der Waals surface area (Å²) < 4.78 is 42.1. The molecule has 0 aromatic heterocycles. The molecule has 0 aliphatic carbocycles. The van der Waals surface area contributed by atoms with Gasteiger partial charge in [-0.2, -0.15) is 0 Å². The van der Waals surface area contributed by atoms with Crippen molar-refractivity contribution in [3.63, 3.8) is 0 Å². The van der Waals surface area contributed by atoms with Gasteiger partial charge in [0.05, 0.1) is 118 Å². The lowest BCUT2D eigenvalue weighted by Gasteiger charge is -2.15. The zero-order chi connectivity index (χ0) is 28.4. The summed E-state index contributed by atoms with van der Waals surface area (Å²) in [5.41, 5.74) is 0. The molecule has 0 saturated heterocycles. The standard InChI is InChI=1S/C16H34O9.C11H24O2/c17-1-3-19-5-7-21-9-11-23-13-15-25-16-14-24-12-10-22-8-6-20-4-2-18;1-4-6-7-11(5-2)9-13-8-10(3)12/h17-18H,1-16H2;10-12H,4-9H2,1-3H3. The largest absolute Gasteiger partial charge is 0.394 e. The maximum Gasteiger partial charge on any atom is 0.0745 e. The van der Waals surface area contributed by atoms with Crippen LogP contribution >= 0.6 is 0 Å². The van der Waals surface area contributed by atoms with Gasteiger partial charge in [-0.3, -0.25) is 0 Å². The first-order valence-electron chi connectivity index (χ1n) is 14.1. The Morgan fingerprint density at radius 1 is 0.500 bits per heavy atom. The van der Waals surface area contributed by atoms with E-state index in [2.05, 4.69) is 13.8 Å². The molecule has 0 aliphatic heterocycles. The van der Waals surface area contributed by atoms with Gasteiger partial charge in [0, 0.05) is 6.61 Å². The molecule has 0 heterocycles. The molecule has 0 aliphatic rings. The maximum absolute atomic E-state index is 8.99. The summed E-state index contributed by atoms with van der Waals surface area (Å²) in [6.07, 6.45) is 4.65. The van der Waals surface area contributed by atoms with Crippen LogP contribution in [0.25, 0.3) is 0 Å². The summed E-state index contributed by atoms with van der Waals surface area (Å²) in [4.78, 5) is 0. The van der Waals surface area contributed by atoms with Crippen molar-refractivity contribution in [1.29, 1.82) is 0 Å². The first-order chi connectivity index (χ1) is 18.6. The third kappa shape index (κ3) is 37.7. The van der Waals surface area contributed by atoms with Crippen LogP contribution in [0.5, 0.6) is 0 Å². The van der Waals surface area contributed by atoms with E-state index >= 15 is 0 Å². The van der Waals surface area contributed by atoms with E-state index in [0.29, 0.717) is 105 Å². The Labute approximate surface area is 231 Å². The minimum Gasteiger partial charge on any atom is -0.394 e. The van der Waals surface area contributed by atoms with E-state index in [9.17, 15) is 0 Å². The van der Waals surface area contributed by atoms with Crippen molar-refractivity contribution < 1.29 is 53.2 Å². The van der Waals surface area contributed by atoms with Gasteiger partial charge in [0.2, 0.25) is 0 Å². The quantitative estimate of drug-likeness (QED) is 0.111. The molecule has 38 heavy (non-hydrogen) atoms. The van der Waals surface area contributed by atoms with Crippen LogP contribution in [-0.2, 0) is 37.9 Å². The van der Waals surface area contributed by atoms with E-state index in [1.54, 1.807) is 6.92 Å². The molecule has 0 radical (unpaired) electrons. The minimum atomic E-state index is -0.330. The monoisotopic (exact) mass is 558 g/mol. The number of unbranched alkanes of at least 4 members (excludes halogenated alkanes) is 1. The Balaban J connectivity index is 0. The van der Waals surface area contributed by atoms with Crippen LogP contribution in [-0.4, -0.2) is 140 Å². The summed E-state index contributed by atoms with van der Waals surface area (Å²) in [7, 11) is 0. The third-order valence-corrected chi connectivity index (χ3v) is 4.96. The molecule has 0 aromatic carbocycles. The molecular weight excluding hydrogens is 500 g/mol. The predicted molar refractivity (Wildman–Crippen MR) is 146 cm³/mol. The number of aliphatic hydroxyl groups is 3. The summed E-state index contributed by atoms with van der Waals surface area (Å²) in [6.45, 7) is 14.3. The Bertz CT molecular complexity index is 381. The number of rotatable bonds is 30. The van der Waals surface area contributed by atoms with E-state index in [1.807, 2.05) is 0 Å². The second-order valence-corrected chi connectivity index (χ2v) is 8.54. The van der Waals surface area contributed by atoms with Gasteiger partial charge in [-0.15, -0.1) is 0 Å². The first kappa shape index (κ1) is 39.7. The van der Waals surface area contributed by atoms with Gasteiger partial charge < -0.3 is 53.2 Å². The van der Waals surface area contributed by atoms with Crippen molar-refractivity contribution in [2.75, 3.05) is 119 Å². The van der Waals surface area contributed by atoms with Gasteiger partial charge in [-0.25, -0.2) is 0 Å². The van der Waals surface area contributed by atoms with Crippen LogP contribution in [0.15, 0.2) is 0 Å². The molecule has 0 aromatic rings. The van der Waals surface area contributed by atoms with Crippen molar-refractivity contribution in [3.8, 4) is 0 Å². The maximum atomic E-state index is 8.99. The normalized spacial score (nSPS) is 12.8. The molecular formula is C27H58O11. The van der Waals surface area contributed by atoms with Crippen LogP contribution < -0.4 is 0 Å². The average Bonchev–Trinajstić information content (AvgIpc) is 2.91. The second-order valence-electron chi connectivity index (χ2n) is 8.54. The number of hydrogen-bond donors (Lipinski definition) is 3. The van der Waals surface area contributed by atoms with E-state index in [0.717, 1.165) is 6.61 Å². The summed E-state index contributed by atoms with van der Waals surface area (Å²) in [5.74, 6) is 0.679. The van der Waals surface area contributed by atoms with E-state index in [4.69, 9.17) is 53.2 Å². The zero-order valence-corrected chi connectivity index (χ0v) is 24.3. The highest BCUT2D eigenvalue weighted by Crippen LogP contribution is 2.12. The Kier molecular flexibility index (Phi) is 38.2. The molecule has 0 amide bonds. The van der Waals surface area contributed by atoms with Gasteiger partial charge in [0.25, 0.3) is 0 Å². The van der Waals surface area contributed by atoms with Crippen LogP contribution in [0.1, 0.15) is 46.5 Å². The van der Waals surface area contributed by atoms with E-state index in [1.165, 1.54) is 25.7 Å². The van der Waals surface area contributed by atoms with Gasteiger partial charge in [-0.05, 0) is 19.3 Å². The molecule has 11 heteroatoms. The van der Waals surface area contributed by atoms with Crippen LogP contribution in [0.2, 0.25) is 0 Å². The fourth-order valence-corrected chi connectivity index (χ4v) is 2.85. The summed E-state index contributed by atoms with van der Waals surface area (Å²) in [6, 6.07) is 0. The highest BCUT2D eigenvalue weighted by molar-refractivity contribution is 4.56. The molecule has 11 nitrogen and oxygen atoms in total. The second kappa shape index (κ2) is 36.6. The number of hydrogen-bond acceptors (Lipinski definition) is 11. The molecule has 2 atom stereocenters. The van der Waals surface area contributed by atoms with E-state index < -0.39 is 0 Å². The fraction of sp³-hybridized carbons (Fsp3) is 1.00. The van der Waals surface area contributed by atoms with Crippen molar-refractivity contribution in [1.82, 2.24) is 0 Å². The highest BCUT2D eigenvalue weighted by atomic mass is 16.6. The molecule has 0 fully saturated rings. The molecule has 3 N–H and O–H groups in total. The van der Waals surface area contributed by atoms with Crippen molar-refractivity contribution in [2.45, 2.75) is 52.6 Å².